The van der Waals surface area contributed by atoms with Crippen molar-refractivity contribution in [3.8, 4) is 11.5 Å². The summed E-state index contributed by atoms with van der Waals surface area (Å²) < 4.78 is 10.4. The van der Waals surface area contributed by atoms with Crippen molar-refractivity contribution in [2.75, 3.05) is 27.3 Å². The Bertz CT molecular complexity index is 867. The number of rotatable bonds is 9. The van der Waals surface area contributed by atoms with Crippen molar-refractivity contribution in [2.45, 2.75) is 6.42 Å². The molecule has 0 radical (unpaired) electrons. The Hall–Kier alpha value is -3.55. The number of carbonyl (C=O) groups excluding carboxylic acids is 3. The van der Waals surface area contributed by atoms with Gasteiger partial charge in [0.25, 0.3) is 17.7 Å². The zero-order valence-electron chi connectivity index (χ0n) is 15.8. The fraction of sp³-hybridized carbons (Fsp3) is 0.250. The number of carbonyl (C=O) groups is 3. The molecular weight excluding hydrogens is 362 g/mol. The lowest BCUT2D eigenvalue weighted by atomic mass is 10.1. The molecule has 28 heavy (non-hydrogen) atoms. The molecule has 0 aliphatic carbocycles. The summed E-state index contributed by atoms with van der Waals surface area (Å²) in [5.74, 6) is -0.390. The van der Waals surface area contributed by atoms with E-state index in [2.05, 4.69) is 10.6 Å². The van der Waals surface area contributed by atoms with Gasteiger partial charge >= 0.3 is 0 Å². The van der Waals surface area contributed by atoms with Gasteiger partial charge in [-0.1, -0.05) is 12.1 Å². The molecule has 8 nitrogen and oxygen atoms in total. The number of benzene rings is 2. The van der Waals surface area contributed by atoms with E-state index in [1.54, 1.807) is 37.4 Å². The molecule has 4 N–H and O–H groups in total. The van der Waals surface area contributed by atoms with Gasteiger partial charge in [0.05, 0.1) is 7.11 Å². The minimum absolute atomic E-state index is 0.156. The third-order valence-corrected chi connectivity index (χ3v) is 3.91. The van der Waals surface area contributed by atoms with Crippen LogP contribution in [-0.2, 0) is 11.2 Å². The number of methoxy groups -OCH3 is 1. The van der Waals surface area contributed by atoms with Crippen LogP contribution in [0.1, 0.15) is 26.3 Å². The maximum absolute atomic E-state index is 12.4. The second-order valence-corrected chi connectivity index (χ2v) is 5.91. The molecule has 0 bridgehead atoms. The quantitative estimate of drug-likeness (QED) is 0.592. The van der Waals surface area contributed by atoms with Gasteiger partial charge in [0, 0.05) is 24.7 Å². The van der Waals surface area contributed by atoms with Gasteiger partial charge in [-0.15, -0.1) is 0 Å². The highest BCUT2D eigenvalue weighted by Crippen LogP contribution is 2.28. The van der Waals surface area contributed by atoms with Crippen LogP contribution in [0, 0.1) is 0 Å². The largest absolute Gasteiger partial charge is 0.493 e. The zero-order valence-corrected chi connectivity index (χ0v) is 15.8. The molecule has 3 amide bonds. The maximum Gasteiger partial charge on any atom is 0.255 e. The second kappa shape index (κ2) is 9.96. The lowest BCUT2D eigenvalue weighted by Crippen LogP contribution is -2.26. The molecule has 0 aliphatic heterocycles. The van der Waals surface area contributed by atoms with Crippen LogP contribution in [0.2, 0.25) is 0 Å². The number of nitrogens with one attached hydrogen (secondary N) is 2. The minimum atomic E-state index is -0.607. The fourth-order valence-corrected chi connectivity index (χ4v) is 2.51. The molecule has 0 saturated carbocycles. The molecule has 0 unspecified atom stereocenters. The molecule has 148 valence electrons. The number of hydrogen-bond acceptors (Lipinski definition) is 5. The van der Waals surface area contributed by atoms with Gasteiger partial charge < -0.3 is 25.8 Å². The first kappa shape index (κ1) is 20.8. The van der Waals surface area contributed by atoms with Crippen molar-refractivity contribution in [1.82, 2.24) is 10.6 Å². The number of nitrogens with two attached hydrogens (primary N) is 1. The van der Waals surface area contributed by atoms with E-state index in [1.807, 2.05) is 6.07 Å². The molecule has 0 aliphatic rings. The lowest BCUT2D eigenvalue weighted by molar-refractivity contribution is -0.119. The minimum Gasteiger partial charge on any atom is -0.493 e. The molecule has 0 saturated heterocycles. The average molecular weight is 385 g/mol. The number of primary amides is 1. The van der Waals surface area contributed by atoms with E-state index in [0.29, 0.717) is 35.6 Å². The SMILES string of the molecule is CNC(=O)c1cccc(CCNC(=O)c2ccc(OCC(N)=O)c(OC)c2)c1. The van der Waals surface area contributed by atoms with Crippen LogP contribution in [0.3, 0.4) is 0 Å². The predicted molar refractivity (Wildman–Crippen MR) is 104 cm³/mol. The third kappa shape index (κ3) is 5.73. The number of ether oxygens (including phenoxy) is 2. The Morgan fingerprint density at radius 3 is 2.43 bits per heavy atom. The van der Waals surface area contributed by atoms with Crippen LogP contribution < -0.4 is 25.8 Å². The molecule has 2 aromatic carbocycles. The summed E-state index contributed by atoms with van der Waals surface area (Å²) in [6.07, 6.45) is 0.577. The Morgan fingerprint density at radius 2 is 1.75 bits per heavy atom. The first-order valence-electron chi connectivity index (χ1n) is 8.63. The summed E-state index contributed by atoms with van der Waals surface area (Å²) in [5, 5.41) is 5.40. The van der Waals surface area contributed by atoms with E-state index in [1.165, 1.54) is 13.2 Å². The normalized spacial score (nSPS) is 10.1. The Labute approximate surface area is 163 Å². The highest BCUT2D eigenvalue weighted by molar-refractivity contribution is 5.95. The monoisotopic (exact) mass is 385 g/mol. The van der Waals surface area contributed by atoms with Crippen molar-refractivity contribution < 1.29 is 23.9 Å². The predicted octanol–water partition coefficient (Wildman–Crippen LogP) is 0.891. The summed E-state index contributed by atoms with van der Waals surface area (Å²) in [6, 6.07) is 11.9. The molecule has 2 rings (SSSR count). The summed E-state index contributed by atoms with van der Waals surface area (Å²) in [4.78, 5) is 34.9. The van der Waals surface area contributed by atoms with Gasteiger partial charge in [-0.2, -0.15) is 0 Å². The average Bonchev–Trinajstić information content (AvgIpc) is 2.71. The maximum atomic E-state index is 12.4. The highest BCUT2D eigenvalue weighted by Gasteiger charge is 2.12. The fourth-order valence-electron chi connectivity index (χ4n) is 2.51. The van der Waals surface area contributed by atoms with Crippen molar-refractivity contribution >= 4 is 17.7 Å². The molecule has 8 heteroatoms. The Morgan fingerprint density at radius 1 is 1.00 bits per heavy atom. The molecule has 0 atom stereocenters. The molecule has 0 heterocycles. The Kier molecular flexibility index (Phi) is 7.38. The van der Waals surface area contributed by atoms with E-state index < -0.39 is 5.91 Å². The van der Waals surface area contributed by atoms with Gasteiger partial charge in [0.1, 0.15) is 0 Å². The zero-order chi connectivity index (χ0) is 20.5. The lowest BCUT2D eigenvalue weighted by Gasteiger charge is -2.11. The molecule has 2 aromatic rings. The van der Waals surface area contributed by atoms with Crippen molar-refractivity contribution in [3.05, 3.63) is 59.2 Å². The van der Waals surface area contributed by atoms with Crippen molar-refractivity contribution in [2.24, 2.45) is 5.73 Å². The van der Waals surface area contributed by atoms with E-state index in [0.717, 1.165) is 5.56 Å². The number of hydrogen-bond donors (Lipinski definition) is 3. The Balaban J connectivity index is 1.96. The topological polar surface area (TPSA) is 120 Å². The van der Waals surface area contributed by atoms with Crippen molar-refractivity contribution in [1.29, 1.82) is 0 Å². The third-order valence-electron chi connectivity index (χ3n) is 3.91. The van der Waals surface area contributed by atoms with Crippen LogP contribution in [0.4, 0.5) is 0 Å². The summed E-state index contributed by atoms with van der Waals surface area (Å²) in [5.41, 5.74) is 6.96. The molecular formula is C20H23N3O5. The van der Waals surface area contributed by atoms with Gasteiger partial charge in [-0.3, -0.25) is 14.4 Å². The molecule has 0 fully saturated rings. The van der Waals surface area contributed by atoms with Gasteiger partial charge in [-0.05, 0) is 42.3 Å². The van der Waals surface area contributed by atoms with Gasteiger partial charge in [0.15, 0.2) is 18.1 Å². The van der Waals surface area contributed by atoms with Crippen LogP contribution >= 0.6 is 0 Å². The number of amides is 3. The summed E-state index contributed by atoms with van der Waals surface area (Å²) in [7, 11) is 3.02. The van der Waals surface area contributed by atoms with Gasteiger partial charge in [-0.25, -0.2) is 0 Å². The highest BCUT2D eigenvalue weighted by atomic mass is 16.5. The summed E-state index contributed by atoms with van der Waals surface area (Å²) >= 11 is 0. The van der Waals surface area contributed by atoms with E-state index in [-0.39, 0.29) is 18.4 Å². The van der Waals surface area contributed by atoms with Crippen LogP contribution in [-0.4, -0.2) is 45.0 Å². The van der Waals surface area contributed by atoms with Gasteiger partial charge in [0.2, 0.25) is 0 Å². The van der Waals surface area contributed by atoms with Crippen LogP contribution in [0.25, 0.3) is 0 Å². The second-order valence-electron chi connectivity index (χ2n) is 5.91. The van der Waals surface area contributed by atoms with Crippen molar-refractivity contribution in [3.63, 3.8) is 0 Å². The first-order valence-corrected chi connectivity index (χ1v) is 8.63. The van der Waals surface area contributed by atoms with Crippen LogP contribution in [0.5, 0.6) is 11.5 Å². The summed E-state index contributed by atoms with van der Waals surface area (Å²) in [6.45, 7) is 0.120. The van der Waals surface area contributed by atoms with E-state index >= 15 is 0 Å². The molecule has 0 spiro atoms. The standard InChI is InChI=1S/C20H23N3O5/c1-22-19(25)14-5-3-4-13(10-14)8-9-23-20(26)15-6-7-16(17(11-15)27-2)28-12-18(21)24/h3-7,10-11H,8-9,12H2,1-2H3,(H2,21,24)(H,22,25)(H,23,26). The first-order chi connectivity index (χ1) is 13.4. The molecule has 0 aromatic heterocycles. The van der Waals surface area contributed by atoms with E-state index in [9.17, 15) is 14.4 Å². The van der Waals surface area contributed by atoms with Crippen LogP contribution in [0.15, 0.2) is 42.5 Å². The smallest absolute Gasteiger partial charge is 0.255 e. The van der Waals surface area contributed by atoms with E-state index in [4.69, 9.17) is 15.2 Å².